The normalized spacial score (nSPS) is 10.6. The molecule has 0 aliphatic heterocycles. The van der Waals surface area contributed by atoms with Gasteiger partial charge in [-0.2, -0.15) is 5.26 Å². The van der Waals surface area contributed by atoms with Gasteiger partial charge in [0.15, 0.2) is 5.65 Å². The largest absolute Gasteiger partial charge is 0.323 e. The summed E-state index contributed by atoms with van der Waals surface area (Å²) in [5.74, 6) is 0.717. The molecule has 0 fully saturated rings. The molecule has 4 rings (SSSR count). The van der Waals surface area contributed by atoms with Gasteiger partial charge in [-0.1, -0.05) is 42.5 Å². The van der Waals surface area contributed by atoms with Gasteiger partial charge in [0.05, 0.1) is 11.6 Å². The van der Waals surface area contributed by atoms with Crippen molar-refractivity contribution in [1.29, 1.82) is 5.26 Å². The van der Waals surface area contributed by atoms with Gasteiger partial charge in [0.1, 0.15) is 11.3 Å². The predicted octanol–water partition coefficient (Wildman–Crippen LogP) is 4.16. The van der Waals surface area contributed by atoms with Crippen LogP contribution in [0.2, 0.25) is 0 Å². The number of nitrogens with zero attached hydrogens (tertiary/aromatic N) is 3. The summed E-state index contributed by atoms with van der Waals surface area (Å²) < 4.78 is 0. The Morgan fingerprint density at radius 2 is 1.70 bits per heavy atom. The Labute approximate surface area is 133 Å². The standard InChI is InChI=1S/C19H12N4/c20-11-13-5-4-8-15(9-13)18-22-17-10-16(12-21-19(17)23-18)14-6-2-1-3-7-14/h1-10,12H,(H,21,22,23). The number of fused-ring (bicyclic) bond motifs is 1. The summed E-state index contributed by atoms with van der Waals surface area (Å²) in [4.78, 5) is 12.3. The monoisotopic (exact) mass is 296 g/mol. The first-order valence-corrected chi connectivity index (χ1v) is 7.25. The van der Waals surface area contributed by atoms with Crippen molar-refractivity contribution in [1.82, 2.24) is 15.0 Å². The molecule has 4 heteroatoms. The fraction of sp³-hybridized carbons (Fsp3) is 0. The number of benzene rings is 2. The van der Waals surface area contributed by atoms with Crippen LogP contribution in [0.5, 0.6) is 0 Å². The van der Waals surface area contributed by atoms with Gasteiger partial charge >= 0.3 is 0 Å². The third kappa shape index (κ3) is 2.45. The number of pyridine rings is 1. The summed E-state index contributed by atoms with van der Waals surface area (Å²) in [7, 11) is 0. The minimum atomic E-state index is 0.612. The van der Waals surface area contributed by atoms with Gasteiger partial charge in [-0.15, -0.1) is 0 Å². The molecule has 2 aromatic heterocycles. The molecule has 0 bridgehead atoms. The molecule has 0 unspecified atom stereocenters. The Bertz CT molecular complexity index is 1030. The number of nitriles is 1. The molecule has 2 aromatic carbocycles. The van der Waals surface area contributed by atoms with E-state index >= 15 is 0 Å². The van der Waals surface area contributed by atoms with E-state index in [-0.39, 0.29) is 0 Å². The minimum absolute atomic E-state index is 0.612. The van der Waals surface area contributed by atoms with Crippen LogP contribution in [0.25, 0.3) is 33.7 Å². The molecular formula is C19H12N4. The van der Waals surface area contributed by atoms with Gasteiger partial charge in [-0.25, -0.2) is 9.97 Å². The molecule has 0 amide bonds. The Morgan fingerprint density at radius 1 is 0.870 bits per heavy atom. The van der Waals surface area contributed by atoms with Gasteiger partial charge in [0.25, 0.3) is 0 Å². The molecule has 0 saturated heterocycles. The van der Waals surface area contributed by atoms with Gasteiger partial charge in [-0.05, 0) is 23.8 Å². The summed E-state index contributed by atoms with van der Waals surface area (Å²) in [5, 5.41) is 9.02. The van der Waals surface area contributed by atoms with Crippen LogP contribution in [0.15, 0.2) is 66.9 Å². The number of rotatable bonds is 2. The van der Waals surface area contributed by atoms with Crippen molar-refractivity contribution in [2.24, 2.45) is 0 Å². The molecular weight excluding hydrogens is 284 g/mol. The van der Waals surface area contributed by atoms with Crippen molar-refractivity contribution < 1.29 is 0 Å². The highest BCUT2D eigenvalue weighted by Gasteiger charge is 2.08. The van der Waals surface area contributed by atoms with Crippen LogP contribution in [-0.2, 0) is 0 Å². The molecule has 0 atom stereocenters. The van der Waals surface area contributed by atoms with E-state index in [2.05, 4.69) is 21.0 Å². The van der Waals surface area contributed by atoms with Crippen LogP contribution in [0.1, 0.15) is 5.56 Å². The second kappa shape index (κ2) is 5.39. The predicted molar refractivity (Wildman–Crippen MR) is 89.5 cm³/mol. The highest BCUT2D eigenvalue weighted by Crippen LogP contribution is 2.24. The van der Waals surface area contributed by atoms with Crippen molar-refractivity contribution in [2.75, 3.05) is 0 Å². The maximum absolute atomic E-state index is 9.02. The van der Waals surface area contributed by atoms with Gasteiger partial charge < -0.3 is 4.98 Å². The van der Waals surface area contributed by atoms with Crippen LogP contribution in [0, 0.1) is 11.3 Å². The Morgan fingerprint density at radius 3 is 2.52 bits per heavy atom. The van der Waals surface area contributed by atoms with Crippen LogP contribution >= 0.6 is 0 Å². The third-order valence-electron chi connectivity index (χ3n) is 3.71. The Hall–Kier alpha value is -3.45. The maximum Gasteiger partial charge on any atom is 0.157 e. The average molecular weight is 296 g/mol. The lowest BCUT2D eigenvalue weighted by atomic mass is 10.1. The number of imidazole rings is 1. The number of H-pyrrole nitrogens is 1. The van der Waals surface area contributed by atoms with Crippen LogP contribution in [0.4, 0.5) is 0 Å². The lowest BCUT2D eigenvalue weighted by Crippen LogP contribution is -1.82. The highest BCUT2D eigenvalue weighted by atomic mass is 15.0. The van der Waals surface area contributed by atoms with Crippen molar-refractivity contribution in [2.45, 2.75) is 0 Å². The van der Waals surface area contributed by atoms with E-state index in [1.165, 1.54) is 0 Å². The van der Waals surface area contributed by atoms with E-state index in [1.54, 1.807) is 6.07 Å². The number of hydrogen-bond donors (Lipinski definition) is 1. The average Bonchev–Trinajstić information content (AvgIpc) is 3.06. The van der Waals surface area contributed by atoms with E-state index in [9.17, 15) is 0 Å². The van der Waals surface area contributed by atoms with Crippen molar-refractivity contribution in [3.63, 3.8) is 0 Å². The number of nitrogens with one attached hydrogen (secondary N) is 1. The third-order valence-corrected chi connectivity index (χ3v) is 3.71. The molecule has 0 aliphatic carbocycles. The van der Waals surface area contributed by atoms with E-state index in [4.69, 9.17) is 5.26 Å². The Balaban J connectivity index is 1.81. The topological polar surface area (TPSA) is 65.4 Å². The minimum Gasteiger partial charge on any atom is -0.323 e. The highest BCUT2D eigenvalue weighted by molar-refractivity contribution is 5.81. The second-order valence-corrected chi connectivity index (χ2v) is 5.24. The van der Waals surface area contributed by atoms with Gasteiger partial charge in [0.2, 0.25) is 0 Å². The summed E-state index contributed by atoms with van der Waals surface area (Å²) in [6.07, 6.45) is 1.84. The molecule has 0 spiro atoms. The smallest absolute Gasteiger partial charge is 0.157 e. The molecule has 4 nitrogen and oxygen atoms in total. The first-order chi connectivity index (χ1) is 11.3. The first-order valence-electron chi connectivity index (χ1n) is 7.25. The fourth-order valence-corrected chi connectivity index (χ4v) is 2.56. The number of hydrogen-bond acceptors (Lipinski definition) is 3. The van der Waals surface area contributed by atoms with Gasteiger partial charge in [0, 0.05) is 17.3 Å². The quantitative estimate of drug-likeness (QED) is 0.604. The lowest BCUT2D eigenvalue weighted by molar-refractivity contribution is 1.30. The summed E-state index contributed by atoms with van der Waals surface area (Å²) in [5.41, 5.74) is 5.18. The molecule has 0 radical (unpaired) electrons. The molecule has 4 aromatic rings. The zero-order chi connectivity index (χ0) is 15.6. The number of aromatic nitrogens is 3. The summed E-state index contributed by atoms with van der Waals surface area (Å²) in [6, 6.07) is 21.6. The first kappa shape index (κ1) is 13.2. The van der Waals surface area contributed by atoms with E-state index < -0.39 is 0 Å². The second-order valence-electron chi connectivity index (χ2n) is 5.24. The lowest BCUT2D eigenvalue weighted by Gasteiger charge is -1.99. The van der Waals surface area contributed by atoms with Crippen LogP contribution in [0.3, 0.4) is 0 Å². The molecule has 0 aliphatic rings. The van der Waals surface area contributed by atoms with E-state index in [1.807, 2.05) is 60.8 Å². The van der Waals surface area contributed by atoms with Crippen molar-refractivity contribution in [3.8, 4) is 28.6 Å². The van der Waals surface area contributed by atoms with Crippen molar-refractivity contribution in [3.05, 3.63) is 72.4 Å². The van der Waals surface area contributed by atoms with Crippen molar-refractivity contribution >= 4 is 11.2 Å². The molecule has 0 saturated carbocycles. The zero-order valence-electron chi connectivity index (χ0n) is 12.2. The SMILES string of the molecule is N#Cc1cccc(-c2nc3cc(-c4ccccc4)cnc3[nH]2)c1. The Kier molecular flexibility index (Phi) is 3.10. The summed E-state index contributed by atoms with van der Waals surface area (Å²) in [6.45, 7) is 0. The van der Waals surface area contributed by atoms with Crippen LogP contribution in [-0.4, -0.2) is 15.0 Å². The summed E-state index contributed by atoms with van der Waals surface area (Å²) >= 11 is 0. The van der Waals surface area contributed by atoms with Crippen LogP contribution < -0.4 is 0 Å². The fourth-order valence-electron chi connectivity index (χ4n) is 2.56. The zero-order valence-corrected chi connectivity index (χ0v) is 12.2. The maximum atomic E-state index is 9.02. The van der Waals surface area contributed by atoms with Gasteiger partial charge in [-0.3, -0.25) is 0 Å². The molecule has 108 valence electrons. The molecule has 23 heavy (non-hydrogen) atoms. The van der Waals surface area contributed by atoms with E-state index in [0.29, 0.717) is 5.56 Å². The molecule has 1 N–H and O–H groups in total. The molecule has 2 heterocycles. The number of aromatic amines is 1. The van der Waals surface area contributed by atoms with E-state index in [0.717, 1.165) is 33.7 Å².